The van der Waals surface area contributed by atoms with Crippen LogP contribution < -0.4 is 0 Å². The number of aromatic amines is 1. The van der Waals surface area contributed by atoms with Gasteiger partial charge in [0.15, 0.2) is 0 Å². The zero-order chi connectivity index (χ0) is 24.4. The van der Waals surface area contributed by atoms with E-state index in [1.807, 2.05) is 31.2 Å². The van der Waals surface area contributed by atoms with E-state index < -0.39 is 10.0 Å². The second-order valence-electron chi connectivity index (χ2n) is 8.98. The normalized spacial score (nSPS) is 16.7. The smallest absolute Gasteiger partial charge is 0.243 e. The van der Waals surface area contributed by atoms with Crippen LogP contribution in [0.25, 0.3) is 11.0 Å². The quantitative estimate of drug-likeness (QED) is 0.419. The van der Waals surface area contributed by atoms with Crippen molar-refractivity contribution in [2.24, 2.45) is 0 Å². The number of amides is 1. The predicted molar refractivity (Wildman–Crippen MR) is 132 cm³/mol. The number of piperidine rings is 1. The summed E-state index contributed by atoms with van der Waals surface area (Å²) in [6.07, 6.45) is 3.24. The number of H-pyrrole nitrogens is 1. The maximum Gasteiger partial charge on any atom is 0.243 e. The van der Waals surface area contributed by atoms with Gasteiger partial charge in [-0.25, -0.2) is 13.4 Å². The van der Waals surface area contributed by atoms with E-state index in [-0.39, 0.29) is 29.8 Å². The monoisotopic (exact) mass is 492 g/mol. The van der Waals surface area contributed by atoms with Crippen molar-refractivity contribution in [2.45, 2.75) is 37.1 Å². The van der Waals surface area contributed by atoms with Gasteiger partial charge in [-0.2, -0.15) is 4.31 Å². The van der Waals surface area contributed by atoms with Crippen molar-refractivity contribution in [3.8, 4) is 0 Å². The highest BCUT2D eigenvalue weighted by Crippen LogP contribution is 2.27. The van der Waals surface area contributed by atoms with Crippen LogP contribution in [0.2, 0.25) is 0 Å². The summed E-state index contributed by atoms with van der Waals surface area (Å²) in [4.78, 5) is 23.4. The number of nitrogens with one attached hydrogen (secondary N) is 1. The minimum Gasteiger partial charge on any atom is -0.468 e. The Morgan fingerprint density at radius 1 is 1.14 bits per heavy atom. The summed E-state index contributed by atoms with van der Waals surface area (Å²) in [7, 11) is -3.90. The van der Waals surface area contributed by atoms with E-state index in [1.54, 1.807) is 41.3 Å². The second kappa shape index (κ2) is 9.67. The number of benzene rings is 2. The molecule has 1 unspecified atom stereocenters. The van der Waals surface area contributed by atoms with Crippen molar-refractivity contribution < 1.29 is 17.6 Å². The van der Waals surface area contributed by atoms with Crippen LogP contribution in [0.5, 0.6) is 0 Å². The number of hydrogen-bond donors (Lipinski definition) is 1. The van der Waals surface area contributed by atoms with Gasteiger partial charge in [0, 0.05) is 19.0 Å². The lowest BCUT2D eigenvalue weighted by molar-refractivity contribution is -0.132. The lowest BCUT2D eigenvalue weighted by atomic mass is 9.97. The third-order valence-electron chi connectivity index (χ3n) is 6.45. The van der Waals surface area contributed by atoms with Crippen LogP contribution in [-0.2, 0) is 21.4 Å². The van der Waals surface area contributed by atoms with E-state index in [4.69, 9.17) is 9.40 Å². The molecule has 2 aromatic carbocycles. The van der Waals surface area contributed by atoms with Crippen molar-refractivity contribution in [1.82, 2.24) is 19.2 Å². The standard InChI is InChI=1S/C26H28N4O4S/c1-19-10-12-22(13-11-19)35(32,33)30(17-21-7-5-15-34-21)18-25(31)29-14-4-6-20(16-29)26-27-23-8-2-3-9-24(23)28-26/h2-3,5,7-13,15,20H,4,6,14,16-18H2,1H3,(H,27,28). The van der Waals surface area contributed by atoms with Gasteiger partial charge in [-0.3, -0.25) is 4.79 Å². The molecule has 1 atom stereocenters. The van der Waals surface area contributed by atoms with Crippen LogP contribution in [0, 0.1) is 6.92 Å². The van der Waals surface area contributed by atoms with Crippen LogP contribution in [0.3, 0.4) is 0 Å². The summed E-state index contributed by atoms with van der Waals surface area (Å²) in [5, 5.41) is 0. The summed E-state index contributed by atoms with van der Waals surface area (Å²) < 4.78 is 33.5. The Labute approximate surface area is 204 Å². The maximum absolute atomic E-state index is 13.5. The highest BCUT2D eigenvalue weighted by molar-refractivity contribution is 7.89. The summed E-state index contributed by atoms with van der Waals surface area (Å²) in [6.45, 7) is 2.71. The van der Waals surface area contributed by atoms with Crippen LogP contribution in [0.1, 0.15) is 35.9 Å². The first-order valence-electron chi connectivity index (χ1n) is 11.7. The van der Waals surface area contributed by atoms with Crippen LogP contribution in [-0.4, -0.2) is 53.1 Å². The number of likely N-dealkylation sites (tertiary alicyclic amines) is 1. The molecule has 0 bridgehead atoms. The molecular weight excluding hydrogens is 464 g/mol. The molecule has 5 rings (SSSR count). The fraction of sp³-hybridized carbons (Fsp3) is 0.308. The number of nitrogens with zero attached hydrogens (tertiary/aromatic N) is 3. The van der Waals surface area contributed by atoms with Gasteiger partial charge in [0.25, 0.3) is 0 Å². The van der Waals surface area contributed by atoms with E-state index in [0.29, 0.717) is 18.8 Å². The average Bonchev–Trinajstić information content (AvgIpc) is 3.54. The van der Waals surface area contributed by atoms with Crippen molar-refractivity contribution in [2.75, 3.05) is 19.6 Å². The molecule has 3 heterocycles. The molecule has 35 heavy (non-hydrogen) atoms. The fourth-order valence-corrected chi connectivity index (χ4v) is 5.86. The third-order valence-corrected chi connectivity index (χ3v) is 8.26. The van der Waals surface area contributed by atoms with Gasteiger partial charge in [0.05, 0.1) is 35.3 Å². The minimum absolute atomic E-state index is 0.0181. The molecule has 4 aromatic rings. The molecule has 0 radical (unpaired) electrons. The van der Waals surface area contributed by atoms with Gasteiger partial charge in [-0.05, 0) is 56.2 Å². The van der Waals surface area contributed by atoms with E-state index in [2.05, 4.69) is 4.98 Å². The van der Waals surface area contributed by atoms with Crippen molar-refractivity contribution >= 4 is 27.0 Å². The number of imidazole rings is 1. The number of aryl methyl sites for hydroxylation is 1. The predicted octanol–water partition coefficient (Wildman–Crippen LogP) is 4.06. The number of carbonyl (C=O) groups excluding carboxylic acids is 1. The first-order valence-corrected chi connectivity index (χ1v) is 13.2. The number of aromatic nitrogens is 2. The second-order valence-corrected chi connectivity index (χ2v) is 10.9. The molecule has 8 nitrogen and oxygen atoms in total. The number of hydrogen-bond acceptors (Lipinski definition) is 5. The number of carbonyl (C=O) groups is 1. The molecule has 1 aliphatic rings. The van der Waals surface area contributed by atoms with Crippen molar-refractivity contribution in [3.05, 3.63) is 84.1 Å². The van der Waals surface area contributed by atoms with E-state index >= 15 is 0 Å². The van der Waals surface area contributed by atoms with Crippen LogP contribution in [0.15, 0.2) is 76.2 Å². The number of furan rings is 1. The van der Waals surface area contributed by atoms with Gasteiger partial charge in [0.1, 0.15) is 11.6 Å². The third kappa shape index (κ3) is 5.01. The molecule has 1 aliphatic heterocycles. The molecule has 1 N–H and O–H groups in total. The van der Waals surface area contributed by atoms with Crippen LogP contribution in [0.4, 0.5) is 0 Å². The lowest BCUT2D eigenvalue weighted by Crippen LogP contribution is -2.46. The molecular formula is C26H28N4O4S. The number of para-hydroxylation sites is 2. The summed E-state index contributed by atoms with van der Waals surface area (Å²) in [6, 6.07) is 17.9. The Bertz CT molecular complexity index is 1380. The van der Waals surface area contributed by atoms with Crippen molar-refractivity contribution in [3.63, 3.8) is 0 Å². The molecule has 1 amide bonds. The Morgan fingerprint density at radius 3 is 2.69 bits per heavy atom. The molecule has 1 saturated heterocycles. The van der Waals surface area contributed by atoms with E-state index in [0.717, 1.165) is 35.3 Å². The molecule has 9 heteroatoms. The lowest BCUT2D eigenvalue weighted by Gasteiger charge is -2.33. The molecule has 2 aromatic heterocycles. The molecule has 0 spiro atoms. The SMILES string of the molecule is Cc1ccc(S(=O)(=O)N(CC(=O)N2CCCC(c3nc4ccccc4[nH]3)C2)Cc2ccco2)cc1. The Morgan fingerprint density at radius 2 is 1.94 bits per heavy atom. The largest absolute Gasteiger partial charge is 0.468 e. The van der Waals surface area contributed by atoms with Gasteiger partial charge in [0.2, 0.25) is 15.9 Å². The first-order chi connectivity index (χ1) is 16.9. The Balaban J connectivity index is 1.35. The summed E-state index contributed by atoms with van der Waals surface area (Å²) in [5.41, 5.74) is 2.84. The number of rotatable bonds is 7. The summed E-state index contributed by atoms with van der Waals surface area (Å²) in [5.74, 6) is 1.19. The topological polar surface area (TPSA) is 99.5 Å². The average molecular weight is 493 g/mol. The molecule has 0 aliphatic carbocycles. The Kier molecular flexibility index (Phi) is 6.44. The fourth-order valence-electron chi connectivity index (χ4n) is 4.51. The highest BCUT2D eigenvalue weighted by atomic mass is 32.2. The number of fused-ring (bicyclic) bond motifs is 1. The Hall–Kier alpha value is -3.43. The molecule has 182 valence electrons. The minimum atomic E-state index is -3.90. The van der Waals surface area contributed by atoms with Gasteiger partial charge in [-0.1, -0.05) is 29.8 Å². The molecule has 1 fully saturated rings. The van der Waals surface area contributed by atoms with Crippen LogP contribution >= 0.6 is 0 Å². The maximum atomic E-state index is 13.5. The van der Waals surface area contributed by atoms with Gasteiger partial charge in [-0.15, -0.1) is 0 Å². The van der Waals surface area contributed by atoms with Gasteiger partial charge < -0.3 is 14.3 Å². The zero-order valence-electron chi connectivity index (χ0n) is 19.6. The van der Waals surface area contributed by atoms with E-state index in [9.17, 15) is 13.2 Å². The van der Waals surface area contributed by atoms with Crippen molar-refractivity contribution in [1.29, 1.82) is 0 Å². The van der Waals surface area contributed by atoms with Gasteiger partial charge >= 0.3 is 0 Å². The summed E-state index contributed by atoms with van der Waals surface area (Å²) >= 11 is 0. The zero-order valence-corrected chi connectivity index (χ0v) is 20.4. The van der Waals surface area contributed by atoms with E-state index in [1.165, 1.54) is 10.6 Å². The number of sulfonamides is 1. The first kappa shape index (κ1) is 23.3. The molecule has 0 saturated carbocycles. The highest BCUT2D eigenvalue weighted by Gasteiger charge is 2.32.